The molecule has 2 heterocycles. The first-order chi connectivity index (χ1) is 16.2. The van der Waals surface area contributed by atoms with Crippen molar-refractivity contribution in [3.8, 4) is 0 Å². The van der Waals surface area contributed by atoms with Gasteiger partial charge in [0.05, 0.1) is 18.4 Å². The molecular formula is C28H27N3O2. The Kier molecular flexibility index (Phi) is 6.03. The number of hydrogen-bond donors (Lipinski definition) is 0. The van der Waals surface area contributed by atoms with Crippen LogP contribution in [0.3, 0.4) is 0 Å². The summed E-state index contributed by atoms with van der Waals surface area (Å²) in [6.07, 6.45) is 2.86. The van der Waals surface area contributed by atoms with Gasteiger partial charge in [0.2, 0.25) is 0 Å². The summed E-state index contributed by atoms with van der Waals surface area (Å²) < 4.78 is 4.80. The predicted molar refractivity (Wildman–Crippen MR) is 131 cm³/mol. The van der Waals surface area contributed by atoms with Crippen molar-refractivity contribution < 1.29 is 9.53 Å². The molecule has 33 heavy (non-hydrogen) atoms. The van der Waals surface area contributed by atoms with Crippen LogP contribution in [0.5, 0.6) is 0 Å². The molecule has 1 aromatic heterocycles. The van der Waals surface area contributed by atoms with Crippen LogP contribution in [0, 0.1) is 0 Å². The molecule has 1 aliphatic rings. The lowest BCUT2D eigenvalue weighted by atomic mass is 9.89. The number of ether oxygens (including phenoxy) is 1. The Balaban J connectivity index is 1.33. The van der Waals surface area contributed by atoms with Gasteiger partial charge in [-0.25, -0.2) is 4.79 Å². The van der Waals surface area contributed by atoms with Gasteiger partial charge in [-0.3, -0.25) is 0 Å². The molecular weight excluding hydrogens is 410 g/mol. The van der Waals surface area contributed by atoms with E-state index in [-0.39, 0.29) is 5.97 Å². The van der Waals surface area contributed by atoms with E-state index < -0.39 is 0 Å². The van der Waals surface area contributed by atoms with Gasteiger partial charge in [-0.1, -0.05) is 66.7 Å². The molecule has 1 saturated heterocycles. The number of benzene rings is 3. The highest BCUT2D eigenvalue weighted by atomic mass is 16.5. The highest BCUT2D eigenvalue weighted by Crippen LogP contribution is 2.33. The van der Waals surface area contributed by atoms with Crippen LogP contribution in [0.2, 0.25) is 0 Å². The number of anilines is 1. The van der Waals surface area contributed by atoms with E-state index >= 15 is 0 Å². The van der Waals surface area contributed by atoms with Crippen molar-refractivity contribution in [1.29, 1.82) is 0 Å². The van der Waals surface area contributed by atoms with Gasteiger partial charge in [0.25, 0.3) is 0 Å². The highest BCUT2D eigenvalue weighted by molar-refractivity contribution is 5.93. The average Bonchev–Trinajstić information content (AvgIpc) is 2.89. The zero-order valence-corrected chi connectivity index (χ0v) is 18.8. The van der Waals surface area contributed by atoms with E-state index in [1.807, 2.05) is 18.2 Å². The van der Waals surface area contributed by atoms with Crippen LogP contribution in [-0.4, -0.2) is 36.4 Å². The minimum Gasteiger partial charge on any atom is -0.465 e. The van der Waals surface area contributed by atoms with Gasteiger partial charge in [-0.2, -0.15) is 5.10 Å². The summed E-state index contributed by atoms with van der Waals surface area (Å²) in [4.78, 5) is 14.1. The van der Waals surface area contributed by atoms with Gasteiger partial charge >= 0.3 is 5.97 Å². The first-order valence-corrected chi connectivity index (χ1v) is 11.4. The third-order valence-corrected chi connectivity index (χ3v) is 6.56. The minimum atomic E-state index is -0.294. The monoisotopic (exact) mass is 437 g/mol. The third-order valence-electron chi connectivity index (χ3n) is 6.56. The van der Waals surface area contributed by atoms with Crippen LogP contribution < -0.4 is 4.90 Å². The number of piperidine rings is 1. The zero-order valence-electron chi connectivity index (χ0n) is 18.8. The van der Waals surface area contributed by atoms with Crippen molar-refractivity contribution in [3.63, 3.8) is 0 Å². The molecule has 0 N–H and O–H groups in total. The Labute approximate surface area is 194 Å². The Bertz CT molecular complexity index is 1250. The molecule has 0 radical (unpaired) electrons. The summed E-state index contributed by atoms with van der Waals surface area (Å²) in [5.41, 5.74) is 4.12. The van der Waals surface area contributed by atoms with E-state index in [0.29, 0.717) is 11.5 Å². The molecule has 166 valence electrons. The SMILES string of the molecule is COC(=O)c1ccc(C2CCN(c3nnc(Cc4ccccc4)c4ccccc34)CC2)cc1. The van der Waals surface area contributed by atoms with Crippen molar-refractivity contribution >= 4 is 22.6 Å². The fourth-order valence-electron chi connectivity index (χ4n) is 4.73. The first-order valence-electron chi connectivity index (χ1n) is 11.4. The average molecular weight is 438 g/mol. The van der Waals surface area contributed by atoms with Gasteiger partial charge in [0, 0.05) is 30.3 Å². The van der Waals surface area contributed by atoms with Gasteiger partial charge < -0.3 is 9.64 Å². The third kappa shape index (κ3) is 4.44. The Morgan fingerprint density at radius 2 is 1.55 bits per heavy atom. The molecule has 1 aliphatic heterocycles. The van der Waals surface area contributed by atoms with Crippen LogP contribution in [0.15, 0.2) is 78.9 Å². The molecule has 0 aliphatic carbocycles. The molecule has 0 atom stereocenters. The Hall–Kier alpha value is -3.73. The van der Waals surface area contributed by atoms with Gasteiger partial charge in [0.1, 0.15) is 0 Å². The fraction of sp³-hybridized carbons (Fsp3) is 0.250. The Morgan fingerprint density at radius 1 is 0.879 bits per heavy atom. The lowest BCUT2D eigenvalue weighted by molar-refractivity contribution is 0.0600. The van der Waals surface area contributed by atoms with Crippen LogP contribution in [0.25, 0.3) is 10.8 Å². The second kappa shape index (κ2) is 9.41. The molecule has 1 fully saturated rings. The summed E-state index contributed by atoms with van der Waals surface area (Å²) in [5, 5.41) is 11.7. The minimum absolute atomic E-state index is 0.294. The van der Waals surface area contributed by atoms with Crippen LogP contribution in [0.4, 0.5) is 5.82 Å². The van der Waals surface area contributed by atoms with Crippen LogP contribution >= 0.6 is 0 Å². The molecule has 0 unspecified atom stereocenters. The van der Waals surface area contributed by atoms with Crippen molar-refractivity contribution in [1.82, 2.24) is 10.2 Å². The van der Waals surface area contributed by atoms with Crippen LogP contribution in [-0.2, 0) is 11.2 Å². The highest BCUT2D eigenvalue weighted by Gasteiger charge is 2.24. The number of methoxy groups -OCH3 is 1. The van der Waals surface area contributed by atoms with Gasteiger partial charge in [-0.05, 0) is 42.0 Å². The molecule has 0 spiro atoms. The zero-order chi connectivity index (χ0) is 22.6. The summed E-state index contributed by atoms with van der Waals surface area (Å²) in [5.74, 6) is 1.16. The van der Waals surface area contributed by atoms with E-state index in [1.165, 1.54) is 29.0 Å². The molecule has 0 amide bonds. The van der Waals surface area contributed by atoms with Crippen LogP contribution in [0.1, 0.15) is 45.9 Å². The largest absolute Gasteiger partial charge is 0.465 e. The number of hydrogen-bond acceptors (Lipinski definition) is 5. The molecule has 5 nitrogen and oxygen atoms in total. The Morgan fingerprint density at radius 3 is 2.24 bits per heavy atom. The van der Waals surface area contributed by atoms with Crippen molar-refractivity contribution in [2.24, 2.45) is 0 Å². The number of rotatable bonds is 5. The van der Waals surface area contributed by atoms with Crippen molar-refractivity contribution in [2.75, 3.05) is 25.1 Å². The number of fused-ring (bicyclic) bond motifs is 1. The lowest BCUT2D eigenvalue weighted by Crippen LogP contribution is -2.34. The molecule has 5 heteroatoms. The predicted octanol–water partition coefficient (Wildman–Crippen LogP) is 5.39. The topological polar surface area (TPSA) is 55.3 Å². The second-order valence-electron chi connectivity index (χ2n) is 8.55. The summed E-state index contributed by atoms with van der Waals surface area (Å²) >= 11 is 0. The molecule has 0 saturated carbocycles. The molecule has 4 aromatic rings. The fourth-order valence-corrected chi connectivity index (χ4v) is 4.73. The molecule has 5 rings (SSSR count). The second-order valence-corrected chi connectivity index (χ2v) is 8.55. The molecule has 3 aromatic carbocycles. The number of carbonyl (C=O) groups excluding carboxylic acids is 1. The van der Waals surface area contributed by atoms with E-state index in [2.05, 4.69) is 75.8 Å². The summed E-state index contributed by atoms with van der Waals surface area (Å²) in [6, 6.07) is 26.7. The number of nitrogens with zero attached hydrogens (tertiary/aromatic N) is 3. The smallest absolute Gasteiger partial charge is 0.337 e. The van der Waals surface area contributed by atoms with Crippen molar-refractivity contribution in [2.45, 2.75) is 25.2 Å². The van der Waals surface area contributed by atoms with Gasteiger partial charge in [-0.15, -0.1) is 5.10 Å². The maximum Gasteiger partial charge on any atom is 0.337 e. The maximum absolute atomic E-state index is 11.7. The maximum atomic E-state index is 11.7. The first kappa shape index (κ1) is 21.1. The van der Waals surface area contributed by atoms with E-state index in [9.17, 15) is 4.79 Å². The number of aromatic nitrogens is 2. The lowest BCUT2D eigenvalue weighted by Gasteiger charge is -2.33. The summed E-state index contributed by atoms with van der Waals surface area (Å²) in [7, 11) is 1.41. The molecule has 0 bridgehead atoms. The van der Waals surface area contributed by atoms with E-state index in [4.69, 9.17) is 4.74 Å². The standard InChI is InChI=1S/C28H27N3O2/c1-33-28(32)23-13-11-21(12-14-23)22-15-17-31(18-16-22)27-25-10-6-5-9-24(25)26(29-30-27)19-20-7-3-2-4-8-20/h2-14,22H,15-19H2,1H3. The van der Waals surface area contributed by atoms with E-state index in [0.717, 1.165) is 43.9 Å². The quantitative estimate of drug-likeness (QED) is 0.392. The van der Waals surface area contributed by atoms with Gasteiger partial charge in [0.15, 0.2) is 5.82 Å². The van der Waals surface area contributed by atoms with Crippen molar-refractivity contribution in [3.05, 3.63) is 101 Å². The normalized spacial score (nSPS) is 14.4. The number of esters is 1. The number of carbonyl (C=O) groups is 1. The van der Waals surface area contributed by atoms with E-state index in [1.54, 1.807) is 0 Å². The summed E-state index contributed by atoms with van der Waals surface area (Å²) in [6.45, 7) is 1.86.